The number of hydrogen-bond donors (Lipinski definition) is 2. The second-order valence-corrected chi connectivity index (χ2v) is 13.3. The molecule has 7 nitrogen and oxygen atoms in total. The molecular weight excluding hydrogens is 512 g/mol. The first-order chi connectivity index (χ1) is 15.7. The Bertz CT molecular complexity index is 1500. The number of sulfone groups is 2. The van der Waals surface area contributed by atoms with Crippen LogP contribution in [-0.2, 0) is 31.5 Å². The molecule has 1 aromatic carbocycles. The molecule has 0 fully saturated rings. The molecule has 0 amide bonds. The van der Waals surface area contributed by atoms with Crippen molar-refractivity contribution in [1.82, 2.24) is 9.97 Å². The van der Waals surface area contributed by atoms with Gasteiger partial charge in [-0.3, -0.25) is 0 Å². The van der Waals surface area contributed by atoms with Gasteiger partial charge in [0.25, 0.3) is 0 Å². The zero-order valence-electron chi connectivity index (χ0n) is 19.2. The Balaban J connectivity index is 2.05. The number of halogens is 4. The first kappa shape index (κ1) is 27.1. The second kappa shape index (κ2) is 8.56. The molecule has 1 unspecified atom stereocenters. The minimum absolute atomic E-state index is 0.0366. The van der Waals surface area contributed by atoms with Crippen LogP contribution in [0.15, 0.2) is 46.5 Å². The highest BCUT2D eigenvalue weighted by molar-refractivity contribution is 7.91. The summed E-state index contributed by atoms with van der Waals surface area (Å²) < 4.78 is 104. The van der Waals surface area contributed by atoms with Crippen molar-refractivity contribution in [2.24, 2.45) is 0 Å². The van der Waals surface area contributed by atoms with Crippen LogP contribution < -0.4 is 0 Å². The molecule has 2 aromatic heterocycles. The zero-order valence-corrected chi connectivity index (χ0v) is 20.9. The quantitative estimate of drug-likeness (QED) is 0.445. The standard InChI is InChI=1S/C22H24F4N2O5S2/c1-20(2,16-6-5-14(23)9-18(16)34(3,30)31)12-21(29,22(24,25)26)10-15-7-13-8-19(35(4,32)33)27-11-17(13)28-15/h5-9,11,28-29H,10,12H2,1-4H3. The van der Waals surface area contributed by atoms with Crippen molar-refractivity contribution in [3.05, 3.63) is 53.6 Å². The van der Waals surface area contributed by atoms with Gasteiger partial charge >= 0.3 is 6.18 Å². The van der Waals surface area contributed by atoms with Crippen molar-refractivity contribution < 1.29 is 39.5 Å². The number of rotatable bonds is 7. The van der Waals surface area contributed by atoms with Crippen LogP contribution in [0.4, 0.5) is 17.6 Å². The number of aromatic nitrogens is 2. The lowest BCUT2D eigenvalue weighted by Gasteiger charge is -2.38. The molecule has 0 saturated carbocycles. The Morgan fingerprint density at radius 1 is 1.00 bits per heavy atom. The van der Waals surface area contributed by atoms with Gasteiger partial charge in [-0.05, 0) is 41.7 Å². The molecule has 0 aliphatic rings. The summed E-state index contributed by atoms with van der Waals surface area (Å²) in [6.45, 7) is 2.66. The fourth-order valence-corrected chi connectivity index (χ4v) is 5.79. The van der Waals surface area contributed by atoms with Crippen molar-refractivity contribution in [3.63, 3.8) is 0 Å². The Morgan fingerprint density at radius 3 is 2.17 bits per heavy atom. The summed E-state index contributed by atoms with van der Waals surface area (Å²) in [7, 11) is -7.64. The number of nitrogens with one attached hydrogen (secondary N) is 1. The first-order valence-electron chi connectivity index (χ1n) is 10.2. The van der Waals surface area contributed by atoms with Crippen molar-refractivity contribution in [2.45, 2.75) is 53.8 Å². The van der Waals surface area contributed by atoms with E-state index in [9.17, 15) is 39.5 Å². The number of hydrogen-bond acceptors (Lipinski definition) is 6. The van der Waals surface area contributed by atoms with Gasteiger partial charge in [0.1, 0.15) is 5.82 Å². The minimum Gasteiger partial charge on any atom is -0.380 e. The van der Waals surface area contributed by atoms with E-state index in [1.165, 1.54) is 32.2 Å². The van der Waals surface area contributed by atoms with E-state index in [2.05, 4.69) is 9.97 Å². The van der Waals surface area contributed by atoms with Gasteiger partial charge in [-0.1, -0.05) is 19.9 Å². The summed E-state index contributed by atoms with van der Waals surface area (Å²) in [5, 5.41) is 10.9. The first-order valence-corrected chi connectivity index (χ1v) is 14.0. The SMILES string of the molecule is CC(C)(CC(O)(Cc1cc2cc(S(C)(=O)=O)ncc2[nH]1)C(F)(F)F)c1ccc(F)cc1S(C)(=O)=O. The van der Waals surface area contributed by atoms with E-state index in [-0.39, 0.29) is 27.2 Å². The number of aliphatic hydroxyl groups is 1. The van der Waals surface area contributed by atoms with Crippen LogP contribution in [0.3, 0.4) is 0 Å². The number of benzene rings is 1. The molecule has 13 heteroatoms. The van der Waals surface area contributed by atoms with Crippen LogP contribution >= 0.6 is 0 Å². The largest absolute Gasteiger partial charge is 0.417 e. The highest BCUT2D eigenvalue weighted by Gasteiger charge is 2.56. The van der Waals surface area contributed by atoms with Gasteiger partial charge in [-0.2, -0.15) is 13.2 Å². The number of pyridine rings is 1. The van der Waals surface area contributed by atoms with Gasteiger partial charge in [0.2, 0.25) is 0 Å². The molecule has 0 radical (unpaired) electrons. The normalized spacial score (nSPS) is 15.3. The van der Waals surface area contributed by atoms with E-state index in [4.69, 9.17) is 0 Å². The fourth-order valence-electron chi connectivity index (χ4n) is 4.14. The van der Waals surface area contributed by atoms with Gasteiger partial charge in [-0.25, -0.2) is 26.2 Å². The monoisotopic (exact) mass is 536 g/mol. The molecular formula is C22H24F4N2O5S2. The molecule has 0 aliphatic heterocycles. The van der Waals surface area contributed by atoms with Gasteiger partial charge in [0.05, 0.1) is 16.6 Å². The minimum atomic E-state index is -5.12. The molecule has 1 atom stereocenters. The number of H-pyrrole nitrogens is 1. The van der Waals surface area contributed by atoms with Gasteiger partial charge < -0.3 is 10.1 Å². The van der Waals surface area contributed by atoms with Crippen LogP contribution in [0.25, 0.3) is 10.9 Å². The smallest absolute Gasteiger partial charge is 0.380 e. The van der Waals surface area contributed by atoms with E-state index in [1.807, 2.05) is 0 Å². The Hall–Kier alpha value is -2.51. The summed E-state index contributed by atoms with van der Waals surface area (Å²) in [6, 6.07) is 5.28. The highest BCUT2D eigenvalue weighted by atomic mass is 32.2. The number of aromatic amines is 1. The maximum atomic E-state index is 14.2. The summed E-state index contributed by atoms with van der Waals surface area (Å²) in [5.74, 6) is -0.865. The van der Waals surface area contributed by atoms with Crippen molar-refractivity contribution >= 4 is 30.6 Å². The molecule has 3 aromatic rings. The molecule has 192 valence electrons. The van der Waals surface area contributed by atoms with Gasteiger partial charge in [0.15, 0.2) is 30.3 Å². The fraction of sp³-hybridized carbons (Fsp3) is 0.409. The van der Waals surface area contributed by atoms with Crippen LogP contribution in [0.5, 0.6) is 0 Å². The van der Waals surface area contributed by atoms with E-state index < -0.39 is 60.4 Å². The molecule has 2 N–H and O–H groups in total. The molecule has 0 spiro atoms. The van der Waals surface area contributed by atoms with Crippen LogP contribution in [0.2, 0.25) is 0 Å². The average molecular weight is 537 g/mol. The molecule has 0 aliphatic carbocycles. The Kier molecular flexibility index (Phi) is 6.62. The molecule has 35 heavy (non-hydrogen) atoms. The topological polar surface area (TPSA) is 117 Å². The molecule has 0 bridgehead atoms. The van der Waals surface area contributed by atoms with Crippen LogP contribution in [-0.4, -0.2) is 56.2 Å². The molecule has 3 rings (SSSR count). The second-order valence-electron chi connectivity index (χ2n) is 9.36. The van der Waals surface area contributed by atoms with Gasteiger partial charge in [-0.15, -0.1) is 0 Å². The van der Waals surface area contributed by atoms with Crippen LogP contribution in [0, 0.1) is 5.82 Å². The lowest BCUT2D eigenvalue weighted by molar-refractivity contribution is -0.266. The van der Waals surface area contributed by atoms with E-state index in [0.717, 1.165) is 30.7 Å². The summed E-state index contributed by atoms with van der Waals surface area (Å²) in [5.41, 5.74) is -4.69. The third-order valence-corrected chi connectivity index (χ3v) is 7.85. The highest BCUT2D eigenvalue weighted by Crippen LogP contribution is 2.44. The van der Waals surface area contributed by atoms with Gasteiger partial charge in [0, 0.05) is 30.0 Å². The van der Waals surface area contributed by atoms with Crippen molar-refractivity contribution in [1.29, 1.82) is 0 Å². The molecule has 0 saturated heterocycles. The maximum Gasteiger partial charge on any atom is 0.417 e. The lowest BCUT2D eigenvalue weighted by atomic mass is 9.73. The predicted molar refractivity (Wildman–Crippen MR) is 121 cm³/mol. The van der Waals surface area contributed by atoms with E-state index in [0.29, 0.717) is 0 Å². The summed E-state index contributed by atoms with van der Waals surface area (Å²) >= 11 is 0. The molecule has 2 heterocycles. The predicted octanol–water partition coefficient (Wildman–Crippen LogP) is 3.71. The van der Waals surface area contributed by atoms with E-state index >= 15 is 0 Å². The number of fused-ring (bicyclic) bond motifs is 1. The lowest BCUT2D eigenvalue weighted by Crippen LogP contribution is -2.51. The number of nitrogens with zero attached hydrogens (tertiary/aromatic N) is 1. The Labute approximate surface area is 200 Å². The van der Waals surface area contributed by atoms with Crippen LogP contribution in [0.1, 0.15) is 31.5 Å². The van der Waals surface area contributed by atoms with Crippen molar-refractivity contribution in [2.75, 3.05) is 12.5 Å². The third-order valence-electron chi connectivity index (χ3n) is 5.73. The Morgan fingerprint density at radius 2 is 1.63 bits per heavy atom. The number of alkyl halides is 3. The summed E-state index contributed by atoms with van der Waals surface area (Å²) in [4.78, 5) is 6.03. The average Bonchev–Trinajstić information content (AvgIpc) is 3.06. The zero-order chi connectivity index (χ0) is 26.6. The maximum absolute atomic E-state index is 14.2. The van der Waals surface area contributed by atoms with Crippen molar-refractivity contribution in [3.8, 4) is 0 Å². The van der Waals surface area contributed by atoms with E-state index in [1.54, 1.807) is 0 Å². The third kappa shape index (κ3) is 5.67. The summed E-state index contributed by atoms with van der Waals surface area (Å²) in [6.07, 6.45) is -4.07.